The molecule has 2 rings (SSSR count). The van der Waals surface area contributed by atoms with Crippen LogP contribution < -0.4 is 10.1 Å². The Bertz CT molecular complexity index is 493. The van der Waals surface area contributed by atoms with Gasteiger partial charge < -0.3 is 14.6 Å². The highest BCUT2D eigenvalue weighted by Crippen LogP contribution is 2.23. The molecule has 0 amide bonds. The largest absolute Gasteiger partial charge is 0.495 e. The third kappa shape index (κ3) is 2.83. The number of benzene rings is 1. The molecule has 2 aromatic rings. The van der Waals surface area contributed by atoms with Crippen LogP contribution in [-0.2, 0) is 13.1 Å². The third-order valence-electron chi connectivity index (χ3n) is 2.81. The molecule has 0 radical (unpaired) electrons. The number of hydrogen-bond donors (Lipinski definition) is 1. The molecule has 0 unspecified atom stereocenters. The summed E-state index contributed by atoms with van der Waals surface area (Å²) >= 11 is 0. The predicted molar refractivity (Wildman–Crippen MR) is 72.8 cm³/mol. The monoisotopic (exact) mass is 245 g/mol. The molecule has 4 heteroatoms. The van der Waals surface area contributed by atoms with Gasteiger partial charge in [-0.2, -0.15) is 0 Å². The van der Waals surface area contributed by atoms with Crippen molar-refractivity contribution in [3.05, 3.63) is 42.5 Å². The molecule has 0 bridgehead atoms. The second kappa shape index (κ2) is 6.10. The Morgan fingerprint density at radius 3 is 2.94 bits per heavy atom. The van der Waals surface area contributed by atoms with Crippen molar-refractivity contribution < 1.29 is 4.74 Å². The maximum absolute atomic E-state index is 5.30. The zero-order valence-corrected chi connectivity index (χ0v) is 10.9. The number of hydrogen-bond acceptors (Lipinski definition) is 3. The van der Waals surface area contributed by atoms with Gasteiger partial charge in [-0.3, -0.25) is 0 Å². The van der Waals surface area contributed by atoms with Gasteiger partial charge in [0.15, 0.2) is 0 Å². The van der Waals surface area contributed by atoms with Gasteiger partial charge in [0.2, 0.25) is 0 Å². The first kappa shape index (κ1) is 12.5. The first-order valence-corrected chi connectivity index (χ1v) is 6.22. The zero-order valence-electron chi connectivity index (χ0n) is 10.9. The number of nitrogens with zero attached hydrogens (tertiary/aromatic N) is 2. The Labute approximate surface area is 108 Å². The van der Waals surface area contributed by atoms with E-state index in [2.05, 4.69) is 21.8 Å². The molecule has 0 aliphatic rings. The van der Waals surface area contributed by atoms with Crippen LogP contribution in [0.15, 0.2) is 36.7 Å². The third-order valence-corrected chi connectivity index (χ3v) is 2.81. The molecule has 0 aliphatic carbocycles. The van der Waals surface area contributed by atoms with Crippen LogP contribution in [0.3, 0.4) is 0 Å². The summed E-state index contributed by atoms with van der Waals surface area (Å²) < 4.78 is 7.47. The Balaban J connectivity index is 2.04. The summed E-state index contributed by atoms with van der Waals surface area (Å²) in [6.07, 6.45) is 4.97. The summed E-state index contributed by atoms with van der Waals surface area (Å²) in [5, 5.41) is 3.36. The van der Waals surface area contributed by atoms with Gasteiger partial charge in [0, 0.05) is 18.9 Å². The second-order valence-electron chi connectivity index (χ2n) is 4.09. The summed E-state index contributed by atoms with van der Waals surface area (Å²) in [6.45, 7) is 3.87. The van der Waals surface area contributed by atoms with Crippen molar-refractivity contribution >= 4 is 5.69 Å². The van der Waals surface area contributed by atoms with Crippen LogP contribution in [-0.4, -0.2) is 16.7 Å². The summed E-state index contributed by atoms with van der Waals surface area (Å²) in [5.74, 6) is 1.90. The lowest BCUT2D eigenvalue weighted by Crippen LogP contribution is -2.08. The topological polar surface area (TPSA) is 39.1 Å². The number of nitrogens with one attached hydrogen (secondary N) is 1. The average molecular weight is 245 g/mol. The van der Waals surface area contributed by atoms with Crippen molar-refractivity contribution in [2.24, 2.45) is 0 Å². The highest BCUT2D eigenvalue weighted by molar-refractivity contribution is 5.56. The van der Waals surface area contributed by atoms with Crippen molar-refractivity contribution in [2.45, 2.75) is 26.4 Å². The van der Waals surface area contributed by atoms with Crippen LogP contribution in [0.1, 0.15) is 19.2 Å². The van der Waals surface area contributed by atoms with Gasteiger partial charge in [-0.15, -0.1) is 0 Å². The SMILES string of the molecule is CCCn1ccnc1CNc1ccccc1OC. The Kier molecular flexibility index (Phi) is 4.23. The molecule has 0 atom stereocenters. The standard InChI is InChI=1S/C14H19N3O/c1-3-9-17-10-8-15-14(17)11-16-12-6-4-5-7-13(12)18-2/h4-8,10,16H,3,9,11H2,1-2H3. The van der Waals surface area contributed by atoms with Gasteiger partial charge >= 0.3 is 0 Å². The predicted octanol–water partition coefficient (Wildman–Crippen LogP) is 2.91. The molecule has 0 fully saturated rings. The number of imidazole rings is 1. The van der Waals surface area contributed by atoms with E-state index in [1.54, 1.807) is 7.11 Å². The van der Waals surface area contributed by atoms with E-state index in [4.69, 9.17) is 4.74 Å². The van der Waals surface area contributed by atoms with E-state index in [0.29, 0.717) is 6.54 Å². The highest BCUT2D eigenvalue weighted by Gasteiger charge is 2.04. The van der Waals surface area contributed by atoms with Gasteiger partial charge in [-0.25, -0.2) is 4.98 Å². The summed E-state index contributed by atoms with van der Waals surface area (Å²) in [4.78, 5) is 4.37. The van der Waals surface area contributed by atoms with Crippen molar-refractivity contribution in [1.29, 1.82) is 0 Å². The minimum atomic E-state index is 0.702. The number of para-hydroxylation sites is 2. The Morgan fingerprint density at radius 1 is 1.33 bits per heavy atom. The summed E-state index contributed by atoms with van der Waals surface area (Å²) in [6, 6.07) is 7.90. The number of rotatable bonds is 6. The van der Waals surface area contributed by atoms with Crippen molar-refractivity contribution in [3.8, 4) is 5.75 Å². The fourth-order valence-corrected chi connectivity index (χ4v) is 1.92. The summed E-state index contributed by atoms with van der Waals surface area (Å²) in [7, 11) is 1.68. The van der Waals surface area contributed by atoms with E-state index in [1.165, 1.54) is 0 Å². The Hall–Kier alpha value is -1.97. The molecule has 1 aromatic carbocycles. The van der Waals surface area contributed by atoms with Gasteiger partial charge in [0.1, 0.15) is 11.6 Å². The van der Waals surface area contributed by atoms with E-state index in [-0.39, 0.29) is 0 Å². The number of anilines is 1. The number of aryl methyl sites for hydroxylation is 1. The minimum Gasteiger partial charge on any atom is -0.495 e. The second-order valence-corrected chi connectivity index (χ2v) is 4.09. The van der Waals surface area contributed by atoms with Gasteiger partial charge in [0.05, 0.1) is 19.3 Å². The summed E-state index contributed by atoms with van der Waals surface area (Å²) in [5.41, 5.74) is 0.992. The molecule has 1 N–H and O–H groups in total. The molecule has 1 heterocycles. The molecular weight excluding hydrogens is 226 g/mol. The van der Waals surface area contributed by atoms with Crippen LogP contribution in [0, 0.1) is 0 Å². The number of ether oxygens (including phenoxy) is 1. The average Bonchev–Trinajstić information content (AvgIpc) is 2.84. The van der Waals surface area contributed by atoms with Gasteiger partial charge in [-0.1, -0.05) is 19.1 Å². The maximum atomic E-state index is 5.30. The van der Waals surface area contributed by atoms with Crippen LogP contribution in [0.25, 0.3) is 0 Å². The Morgan fingerprint density at radius 2 is 2.17 bits per heavy atom. The fraction of sp³-hybridized carbons (Fsp3) is 0.357. The first-order valence-electron chi connectivity index (χ1n) is 6.22. The molecule has 0 saturated carbocycles. The maximum Gasteiger partial charge on any atom is 0.141 e. The molecule has 4 nitrogen and oxygen atoms in total. The van der Waals surface area contributed by atoms with Crippen LogP contribution in [0.2, 0.25) is 0 Å². The minimum absolute atomic E-state index is 0.702. The van der Waals surface area contributed by atoms with Crippen LogP contribution >= 0.6 is 0 Å². The molecule has 96 valence electrons. The fourth-order valence-electron chi connectivity index (χ4n) is 1.92. The smallest absolute Gasteiger partial charge is 0.141 e. The van der Waals surface area contributed by atoms with Gasteiger partial charge in [-0.05, 0) is 18.6 Å². The molecular formula is C14H19N3O. The number of methoxy groups -OCH3 is 1. The normalized spacial score (nSPS) is 10.3. The zero-order chi connectivity index (χ0) is 12.8. The van der Waals surface area contributed by atoms with E-state index in [9.17, 15) is 0 Å². The van der Waals surface area contributed by atoms with E-state index >= 15 is 0 Å². The number of aromatic nitrogens is 2. The molecule has 1 aromatic heterocycles. The van der Waals surface area contributed by atoms with E-state index in [1.807, 2.05) is 36.7 Å². The molecule has 18 heavy (non-hydrogen) atoms. The highest BCUT2D eigenvalue weighted by atomic mass is 16.5. The lowest BCUT2D eigenvalue weighted by atomic mass is 10.3. The molecule has 0 spiro atoms. The van der Waals surface area contributed by atoms with E-state index < -0.39 is 0 Å². The van der Waals surface area contributed by atoms with Crippen LogP contribution in [0.5, 0.6) is 5.75 Å². The lowest BCUT2D eigenvalue weighted by molar-refractivity contribution is 0.416. The molecule has 0 aliphatic heterocycles. The lowest BCUT2D eigenvalue weighted by Gasteiger charge is -2.11. The molecule has 0 saturated heterocycles. The first-order chi connectivity index (χ1) is 8.85. The van der Waals surface area contributed by atoms with Crippen molar-refractivity contribution in [2.75, 3.05) is 12.4 Å². The van der Waals surface area contributed by atoms with Gasteiger partial charge in [0.25, 0.3) is 0 Å². The quantitative estimate of drug-likeness (QED) is 0.850. The van der Waals surface area contributed by atoms with E-state index in [0.717, 1.165) is 30.2 Å². The van der Waals surface area contributed by atoms with Crippen LogP contribution in [0.4, 0.5) is 5.69 Å². The van der Waals surface area contributed by atoms with Crippen molar-refractivity contribution in [3.63, 3.8) is 0 Å². The van der Waals surface area contributed by atoms with Crippen molar-refractivity contribution in [1.82, 2.24) is 9.55 Å².